The van der Waals surface area contributed by atoms with Gasteiger partial charge in [0.1, 0.15) is 5.75 Å². The van der Waals surface area contributed by atoms with Crippen molar-refractivity contribution in [2.45, 2.75) is 25.2 Å². The third-order valence-corrected chi connectivity index (χ3v) is 5.30. The summed E-state index contributed by atoms with van der Waals surface area (Å²) < 4.78 is 46.8. The van der Waals surface area contributed by atoms with Gasteiger partial charge in [-0.25, -0.2) is 0 Å². The van der Waals surface area contributed by atoms with Crippen molar-refractivity contribution < 1.29 is 27.8 Å². The molecule has 0 bridgehead atoms. The maximum atomic E-state index is 13.6. The summed E-state index contributed by atoms with van der Waals surface area (Å²) in [5, 5.41) is 14.6. The lowest BCUT2D eigenvalue weighted by atomic mass is 10.0. The minimum atomic E-state index is -5.11. The van der Waals surface area contributed by atoms with Gasteiger partial charge in [0.05, 0.1) is 12.1 Å². The molecule has 2 aromatic rings. The Kier molecular flexibility index (Phi) is 5.93. The third-order valence-electron chi connectivity index (χ3n) is 4.34. The number of aliphatic hydroxyl groups is 1. The van der Waals surface area contributed by atoms with Crippen LogP contribution in [0.25, 0.3) is 0 Å². The Morgan fingerprint density at radius 2 is 1.97 bits per heavy atom. The minimum Gasteiger partial charge on any atom is -0.484 e. The zero-order valence-electron chi connectivity index (χ0n) is 15.0. The van der Waals surface area contributed by atoms with E-state index in [-0.39, 0.29) is 16.5 Å². The molecule has 0 fully saturated rings. The summed E-state index contributed by atoms with van der Waals surface area (Å²) in [6.07, 6.45) is -6.00. The molecule has 1 amide bonds. The highest BCUT2D eigenvalue weighted by Gasteiger charge is 2.63. The van der Waals surface area contributed by atoms with Crippen LogP contribution < -0.4 is 4.74 Å². The number of rotatable bonds is 4. The topological polar surface area (TPSA) is 62.1 Å². The van der Waals surface area contributed by atoms with Crippen LogP contribution in [0.2, 0.25) is 5.02 Å². The average molecular weight is 492 g/mol. The number of alkyl halides is 3. The van der Waals surface area contributed by atoms with Gasteiger partial charge in [-0.3, -0.25) is 4.79 Å². The number of halogens is 5. The molecule has 154 valence electrons. The minimum absolute atomic E-state index is 0.0488. The average Bonchev–Trinajstić information content (AvgIpc) is 3.02. The number of carbonyl (C=O) groups excluding carboxylic acids is 1. The van der Waals surface area contributed by atoms with Crippen LogP contribution in [-0.2, 0) is 4.79 Å². The number of hydrogen-bond donors (Lipinski definition) is 1. The second-order valence-electron chi connectivity index (χ2n) is 6.45. The summed E-state index contributed by atoms with van der Waals surface area (Å²) in [5.41, 5.74) is -2.47. The van der Waals surface area contributed by atoms with E-state index < -0.39 is 30.8 Å². The molecule has 0 spiro atoms. The second kappa shape index (κ2) is 7.97. The summed E-state index contributed by atoms with van der Waals surface area (Å²) in [7, 11) is 0. The van der Waals surface area contributed by atoms with Gasteiger partial charge in [-0.1, -0.05) is 39.7 Å². The van der Waals surface area contributed by atoms with Crippen molar-refractivity contribution in [3.8, 4) is 5.75 Å². The van der Waals surface area contributed by atoms with Crippen molar-refractivity contribution in [1.29, 1.82) is 0 Å². The first-order valence-corrected chi connectivity index (χ1v) is 9.53. The first-order chi connectivity index (χ1) is 13.5. The monoisotopic (exact) mass is 490 g/mol. The lowest BCUT2D eigenvalue weighted by Gasteiger charge is -2.32. The van der Waals surface area contributed by atoms with E-state index in [4.69, 9.17) is 16.3 Å². The van der Waals surface area contributed by atoms with Gasteiger partial charge in [0.25, 0.3) is 11.6 Å². The molecule has 1 atom stereocenters. The summed E-state index contributed by atoms with van der Waals surface area (Å²) in [6.45, 7) is 0.977. The van der Waals surface area contributed by atoms with E-state index in [1.165, 1.54) is 6.07 Å². The van der Waals surface area contributed by atoms with E-state index in [9.17, 15) is 23.1 Å². The highest BCUT2D eigenvalue weighted by molar-refractivity contribution is 9.10. The predicted octanol–water partition coefficient (Wildman–Crippen LogP) is 4.68. The van der Waals surface area contributed by atoms with Crippen molar-refractivity contribution >= 4 is 39.1 Å². The predicted molar refractivity (Wildman–Crippen MR) is 105 cm³/mol. The molecular weight excluding hydrogens is 477 g/mol. The first kappa shape index (κ1) is 21.6. The molecule has 0 radical (unpaired) electrons. The van der Waals surface area contributed by atoms with Crippen LogP contribution in [0.5, 0.6) is 5.75 Å². The summed E-state index contributed by atoms with van der Waals surface area (Å²) >= 11 is 9.15. The maximum Gasteiger partial charge on any atom is 0.438 e. The first-order valence-electron chi connectivity index (χ1n) is 8.36. The van der Waals surface area contributed by atoms with Crippen molar-refractivity contribution in [3.05, 3.63) is 63.1 Å². The van der Waals surface area contributed by atoms with Gasteiger partial charge >= 0.3 is 6.18 Å². The summed E-state index contributed by atoms with van der Waals surface area (Å²) in [5.74, 6) is -0.878. The SMILES string of the molecule is Cc1cc(OCC(=O)N2N=C(c3ccc(Br)cc3)C[C@@]2(O)C(F)(F)F)ccc1Cl. The Balaban J connectivity index is 1.84. The van der Waals surface area contributed by atoms with Gasteiger partial charge in [-0.05, 0) is 48.4 Å². The van der Waals surface area contributed by atoms with Crippen LogP contribution in [-0.4, -0.2) is 40.2 Å². The molecule has 0 saturated carbocycles. The van der Waals surface area contributed by atoms with Gasteiger partial charge in [0, 0.05) is 9.50 Å². The van der Waals surface area contributed by atoms with Gasteiger partial charge in [-0.2, -0.15) is 23.3 Å². The number of hydrogen-bond acceptors (Lipinski definition) is 4. The molecule has 1 aliphatic heterocycles. The second-order valence-corrected chi connectivity index (χ2v) is 7.77. The molecule has 2 aromatic carbocycles. The van der Waals surface area contributed by atoms with Gasteiger partial charge < -0.3 is 9.84 Å². The van der Waals surface area contributed by atoms with E-state index >= 15 is 0 Å². The molecule has 0 aromatic heterocycles. The number of amides is 1. The Bertz CT molecular complexity index is 966. The zero-order chi connectivity index (χ0) is 21.4. The molecule has 0 aliphatic carbocycles. The number of nitrogens with zero attached hydrogens (tertiary/aromatic N) is 2. The molecule has 10 heteroatoms. The van der Waals surface area contributed by atoms with Gasteiger partial charge in [-0.15, -0.1) is 0 Å². The molecule has 0 saturated heterocycles. The van der Waals surface area contributed by atoms with Crippen LogP contribution in [0.1, 0.15) is 17.5 Å². The van der Waals surface area contributed by atoms with Crippen molar-refractivity contribution in [2.24, 2.45) is 5.10 Å². The number of ether oxygens (including phenoxy) is 1. The fourth-order valence-corrected chi connectivity index (χ4v) is 3.13. The largest absolute Gasteiger partial charge is 0.484 e. The van der Waals surface area contributed by atoms with Crippen LogP contribution in [0, 0.1) is 6.92 Å². The standard InChI is InChI=1S/C19H15BrClF3N2O3/c1-11-8-14(6-7-15(11)21)29-10-17(27)26-18(28,19(22,23)24)9-16(25-26)12-2-4-13(20)5-3-12/h2-8,28H,9-10H2,1H3/t18-/m1/s1. The Morgan fingerprint density at radius 3 is 2.55 bits per heavy atom. The van der Waals surface area contributed by atoms with Crippen LogP contribution in [0.4, 0.5) is 13.2 Å². The molecular formula is C19H15BrClF3N2O3. The molecule has 1 heterocycles. The number of hydrazone groups is 1. The van der Waals surface area contributed by atoms with Crippen molar-refractivity contribution in [1.82, 2.24) is 5.01 Å². The quantitative estimate of drug-likeness (QED) is 0.676. The normalized spacial score (nSPS) is 19.3. The van der Waals surface area contributed by atoms with Gasteiger partial charge in [0.2, 0.25) is 0 Å². The third kappa shape index (κ3) is 4.41. The lowest BCUT2D eigenvalue weighted by Crippen LogP contribution is -2.57. The maximum absolute atomic E-state index is 13.6. The highest BCUT2D eigenvalue weighted by atomic mass is 79.9. The number of aryl methyl sites for hydroxylation is 1. The van der Waals surface area contributed by atoms with E-state index in [1.54, 1.807) is 43.3 Å². The fraction of sp³-hybridized carbons (Fsp3) is 0.263. The smallest absolute Gasteiger partial charge is 0.438 e. The van der Waals surface area contributed by atoms with E-state index in [0.717, 1.165) is 4.47 Å². The van der Waals surface area contributed by atoms with Crippen LogP contribution in [0.15, 0.2) is 52.0 Å². The Morgan fingerprint density at radius 1 is 1.31 bits per heavy atom. The summed E-state index contributed by atoms with van der Waals surface area (Å²) in [6, 6.07) is 10.9. The molecule has 29 heavy (non-hydrogen) atoms. The van der Waals surface area contributed by atoms with Crippen LogP contribution >= 0.6 is 27.5 Å². The fourth-order valence-electron chi connectivity index (χ4n) is 2.74. The van der Waals surface area contributed by atoms with Crippen molar-refractivity contribution in [2.75, 3.05) is 6.61 Å². The number of carbonyl (C=O) groups is 1. The Hall–Kier alpha value is -2.10. The molecule has 5 nitrogen and oxygen atoms in total. The molecule has 1 aliphatic rings. The van der Waals surface area contributed by atoms with E-state index in [0.29, 0.717) is 16.1 Å². The zero-order valence-corrected chi connectivity index (χ0v) is 17.3. The lowest BCUT2D eigenvalue weighted by molar-refractivity contribution is -0.302. The summed E-state index contributed by atoms with van der Waals surface area (Å²) in [4.78, 5) is 12.5. The van der Waals surface area contributed by atoms with Crippen molar-refractivity contribution in [3.63, 3.8) is 0 Å². The molecule has 3 rings (SSSR count). The Labute approximate surface area is 177 Å². The van der Waals surface area contributed by atoms with E-state index in [1.807, 2.05) is 0 Å². The molecule has 1 N–H and O–H groups in total. The van der Waals surface area contributed by atoms with Gasteiger partial charge in [0.15, 0.2) is 6.61 Å². The molecule has 0 unspecified atom stereocenters. The highest BCUT2D eigenvalue weighted by Crippen LogP contribution is 2.41. The van der Waals surface area contributed by atoms with E-state index in [2.05, 4.69) is 21.0 Å². The van der Waals surface area contributed by atoms with Crippen LogP contribution in [0.3, 0.4) is 0 Å². The number of benzene rings is 2.